The van der Waals surface area contributed by atoms with Gasteiger partial charge in [-0.3, -0.25) is 4.55 Å². The molecule has 4 heteroatoms. The summed E-state index contributed by atoms with van der Waals surface area (Å²) >= 11 is 0. The minimum Gasteiger partial charge on any atom is -0.286 e. The van der Waals surface area contributed by atoms with Gasteiger partial charge in [0, 0.05) is 0 Å². The summed E-state index contributed by atoms with van der Waals surface area (Å²) in [6.45, 7) is 3.71. The lowest BCUT2D eigenvalue weighted by atomic mass is 9.98. The van der Waals surface area contributed by atoms with Gasteiger partial charge in [0.05, 0.1) is 5.75 Å². The maximum absolute atomic E-state index is 10.7. The fourth-order valence-corrected chi connectivity index (χ4v) is 2.36. The highest BCUT2D eigenvalue weighted by atomic mass is 32.2. The van der Waals surface area contributed by atoms with Crippen LogP contribution in [0.15, 0.2) is 24.3 Å². The molecule has 1 rings (SSSR count). The van der Waals surface area contributed by atoms with Crippen molar-refractivity contribution in [3.63, 3.8) is 0 Å². The summed E-state index contributed by atoms with van der Waals surface area (Å²) in [5, 5.41) is 0. The Labute approximate surface area is 84.5 Å². The maximum Gasteiger partial charge on any atom is 0.265 e. The molecule has 0 saturated heterocycles. The predicted molar refractivity (Wildman–Crippen MR) is 56.0 cm³/mol. The quantitative estimate of drug-likeness (QED) is 0.783. The van der Waals surface area contributed by atoms with Crippen LogP contribution in [0.25, 0.3) is 0 Å². The Morgan fingerprint density at radius 3 is 2.43 bits per heavy atom. The van der Waals surface area contributed by atoms with Crippen molar-refractivity contribution in [3.8, 4) is 0 Å². The number of aryl methyl sites for hydroxylation is 1. The molecule has 0 fully saturated rings. The van der Waals surface area contributed by atoms with Crippen LogP contribution >= 0.6 is 0 Å². The van der Waals surface area contributed by atoms with Gasteiger partial charge in [0.1, 0.15) is 0 Å². The second-order valence-corrected chi connectivity index (χ2v) is 5.00. The van der Waals surface area contributed by atoms with Crippen molar-refractivity contribution in [1.82, 2.24) is 0 Å². The Morgan fingerprint density at radius 2 is 1.93 bits per heavy atom. The zero-order chi connectivity index (χ0) is 10.8. The van der Waals surface area contributed by atoms with E-state index in [4.69, 9.17) is 4.55 Å². The molecule has 0 aliphatic carbocycles. The molecule has 1 N–H and O–H groups in total. The van der Waals surface area contributed by atoms with E-state index in [0.717, 1.165) is 11.1 Å². The lowest BCUT2D eigenvalue weighted by Gasteiger charge is -2.12. The van der Waals surface area contributed by atoms with Crippen molar-refractivity contribution in [2.75, 3.05) is 5.75 Å². The molecule has 0 saturated carbocycles. The average Bonchev–Trinajstić information content (AvgIpc) is 2.01. The Hall–Kier alpha value is -0.870. The Bertz CT molecular complexity index is 409. The first-order valence-electron chi connectivity index (χ1n) is 4.41. The molecular weight excluding hydrogens is 200 g/mol. The second kappa shape index (κ2) is 4.11. The fraction of sp³-hybridized carbons (Fsp3) is 0.400. The SMILES string of the molecule is Cc1ccccc1C(C)CS(=O)(=O)O. The average molecular weight is 214 g/mol. The van der Waals surface area contributed by atoms with Crippen LogP contribution in [0.3, 0.4) is 0 Å². The summed E-state index contributed by atoms with van der Waals surface area (Å²) in [6.07, 6.45) is 0. The third kappa shape index (κ3) is 3.12. The molecule has 78 valence electrons. The lowest BCUT2D eigenvalue weighted by molar-refractivity contribution is 0.479. The van der Waals surface area contributed by atoms with Gasteiger partial charge in [-0.1, -0.05) is 31.2 Å². The molecule has 0 spiro atoms. The zero-order valence-corrected chi connectivity index (χ0v) is 9.08. The highest BCUT2D eigenvalue weighted by Gasteiger charge is 2.15. The first-order valence-corrected chi connectivity index (χ1v) is 6.02. The summed E-state index contributed by atoms with van der Waals surface area (Å²) in [5.41, 5.74) is 2.01. The molecule has 0 bridgehead atoms. The van der Waals surface area contributed by atoms with E-state index in [1.54, 1.807) is 6.92 Å². The Kier molecular flexibility index (Phi) is 3.29. The van der Waals surface area contributed by atoms with Crippen molar-refractivity contribution >= 4 is 10.1 Å². The molecule has 0 aliphatic rings. The number of benzene rings is 1. The van der Waals surface area contributed by atoms with E-state index in [9.17, 15) is 8.42 Å². The topological polar surface area (TPSA) is 54.4 Å². The van der Waals surface area contributed by atoms with Gasteiger partial charge in [0.25, 0.3) is 10.1 Å². The summed E-state index contributed by atoms with van der Waals surface area (Å²) in [4.78, 5) is 0. The lowest BCUT2D eigenvalue weighted by Crippen LogP contribution is -2.11. The van der Waals surface area contributed by atoms with E-state index in [1.807, 2.05) is 31.2 Å². The van der Waals surface area contributed by atoms with E-state index in [-0.39, 0.29) is 11.7 Å². The molecule has 0 amide bonds. The molecular formula is C10H14O3S. The molecule has 1 unspecified atom stereocenters. The monoisotopic (exact) mass is 214 g/mol. The first-order chi connectivity index (χ1) is 6.40. The van der Waals surface area contributed by atoms with Crippen LogP contribution in [0, 0.1) is 6.92 Å². The highest BCUT2D eigenvalue weighted by Crippen LogP contribution is 2.20. The van der Waals surface area contributed by atoms with Gasteiger partial charge in [-0.25, -0.2) is 0 Å². The zero-order valence-electron chi connectivity index (χ0n) is 8.27. The van der Waals surface area contributed by atoms with Gasteiger partial charge in [0.15, 0.2) is 0 Å². The van der Waals surface area contributed by atoms with Crippen LogP contribution in [-0.4, -0.2) is 18.7 Å². The third-order valence-electron chi connectivity index (χ3n) is 2.18. The van der Waals surface area contributed by atoms with E-state index in [0.29, 0.717) is 0 Å². The minimum absolute atomic E-state index is 0.175. The molecule has 0 heterocycles. The maximum atomic E-state index is 10.7. The summed E-state index contributed by atoms with van der Waals surface area (Å²) in [6, 6.07) is 7.57. The summed E-state index contributed by atoms with van der Waals surface area (Å²) < 4.78 is 30.1. The van der Waals surface area contributed by atoms with E-state index in [2.05, 4.69) is 0 Å². The van der Waals surface area contributed by atoms with Crippen LogP contribution in [0.5, 0.6) is 0 Å². The molecule has 14 heavy (non-hydrogen) atoms. The van der Waals surface area contributed by atoms with E-state index < -0.39 is 10.1 Å². The summed E-state index contributed by atoms with van der Waals surface area (Å²) in [5.74, 6) is -0.399. The van der Waals surface area contributed by atoms with Gasteiger partial charge in [-0.15, -0.1) is 0 Å². The van der Waals surface area contributed by atoms with Crippen LogP contribution in [0.1, 0.15) is 24.0 Å². The minimum atomic E-state index is -3.89. The van der Waals surface area contributed by atoms with Gasteiger partial charge < -0.3 is 0 Å². The molecule has 1 aromatic rings. The summed E-state index contributed by atoms with van der Waals surface area (Å²) in [7, 11) is -3.89. The fourth-order valence-electron chi connectivity index (χ4n) is 1.55. The molecule has 0 aromatic heterocycles. The smallest absolute Gasteiger partial charge is 0.265 e. The standard InChI is InChI=1S/C10H14O3S/c1-8-5-3-4-6-10(8)9(2)7-14(11,12)13/h3-6,9H,7H2,1-2H3,(H,11,12,13). The van der Waals surface area contributed by atoms with E-state index >= 15 is 0 Å². The molecule has 3 nitrogen and oxygen atoms in total. The van der Waals surface area contributed by atoms with Crippen molar-refractivity contribution < 1.29 is 13.0 Å². The van der Waals surface area contributed by atoms with Crippen molar-refractivity contribution in [3.05, 3.63) is 35.4 Å². The van der Waals surface area contributed by atoms with Gasteiger partial charge in [-0.2, -0.15) is 8.42 Å². The number of rotatable bonds is 3. The van der Waals surface area contributed by atoms with Crippen molar-refractivity contribution in [1.29, 1.82) is 0 Å². The van der Waals surface area contributed by atoms with E-state index in [1.165, 1.54) is 0 Å². The second-order valence-electron chi connectivity index (χ2n) is 3.51. The van der Waals surface area contributed by atoms with Crippen molar-refractivity contribution in [2.45, 2.75) is 19.8 Å². The Balaban J connectivity index is 2.90. The van der Waals surface area contributed by atoms with Crippen LogP contribution in [0.2, 0.25) is 0 Å². The van der Waals surface area contributed by atoms with Crippen LogP contribution < -0.4 is 0 Å². The Morgan fingerprint density at radius 1 is 1.36 bits per heavy atom. The van der Waals surface area contributed by atoms with Crippen molar-refractivity contribution in [2.24, 2.45) is 0 Å². The predicted octanol–water partition coefficient (Wildman–Crippen LogP) is 1.99. The van der Waals surface area contributed by atoms with Crippen LogP contribution in [-0.2, 0) is 10.1 Å². The van der Waals surface area contributed by atoms with Gasteiger partial charge in [-0.05, 0) is 24.0 Å². The van der Waals surface area contributed by atoms with Crippen LogP contribution in [0.4, 0.5) is 0 Å². The number of hydrogen-bond donors (Lipinski definition) is 1. The third-order valence-corrected chi connectivity index (χ3v) is 3.10. The van der Waals surface area contributed by atoms with Gasteiger partial charge >= 0.3 is 0 Å². The highest BCUT2D eigenvalue weighted by molar-refractivity contribution is 7.85. The molecule has 0 radical (unpaired) electrons. The largest absolute Gasteiger partial charge is 0.286 e. The van der Waals surface area contributed by atoms with Gasteiger partial charge in [0.2, 0.25) is 0 Å². The molecule has 1 atom stereocenters. The number of hydrogen-bond acceptors (Lipinski definition) is 2. The first kappa shape index (κ1) is 11.2. The normalized spacial score (nSPS) is 13.9. The molecule has 0 aliphatic heterocycles. The molecule has 1 aromatic carbocycles.